The van der Waals surface area contributed by atoms with Gasteiger partial charge in [-0.15, -0.1) is 0 Å². The summed E-state index contributed by atoms with van der Waals surface area (Å²) in [6.07, 6.45) is 2.35. The van der Waals surface area contributed by atoms with Gasteiger partial charge in [0.1, 0.15) is 6.33 Å². The van der Waals surface area contributed by atoms with E-state index in [4.69, 9.17) is 0 Å². The normalized spacial score (nSPS) is 11.0. The van der Waals surface area contributed by atoms with Crippen LogP contribution in [-0.4, -0.2) is 15.5 Å². The summed E-state index contributed by atoms with van der Waals surface area (Å²) in [5, 5.41) is 2.92. The number of para-hydroxylation sites is 2. The summed E-state index contributed by atoms with van der Waals surface area (Å²) in [5.41, 5.74) is 3.88. The molecule has 0 bridgehead atoms. The van der Waals surface area contributed by atoms with Crippen molar-refractivity contribution in [3.63, 3.8) is 0 Å². The quantitative estimate of drug-likeness (QED) is 0.790. The van der Waals surface area contributed by atoms with Gasteiger partial charge in [0, 0.05) is 17.8 Å². The zero-order chi connectivity index (χ0) is 15.5. The molecule has 3 aromatic rings. The van der Waals surface area contributed by atoms with Gasteiger partial charge >= 0.3 is 0 Å². The van der Waals surface area contributed by atoms with Gasteiger partial charge in [0.15, 0.2) is 0 Å². The summed E-state index contributed by atoms with van der Waals surface area (Å²) in [4.78, 5) is 16.2. The maximum absolute atomic E-state index is 11.8. The van der Waals surface area contributed by atoms with Crippen molar-refractivity contribution in [1.82, 2.24) is 9.55 Å². The molecule has 0 atom stereocenters. The third-order valence-electron chi connectivity index (χ3n) is 3.48. The van der Waals surface area contributed by atoms with E-state index in [1.807, 2.05) is 73.3 Å². The van der Waals surface area contributed by atoms with Crippen LogP contribution in [0, 0.1) is 5.92 Å². The highest BCUT2D eigenvalue weighted by atomic mass is 16.1. The number of carbonyl (C=O) groups is 1. The molecule has 0 fully saturated rings. The van der Waals surface area contributed by atoms with Crippen LogP contribution in [0.5, 0.6) is 0 Å². The monoisotopic (exact) mass is 293 g/mol. The first-order valence-electron chi connectivity index (χ1n) is 7.46. The molecule has 1 amide bonds. The number of aromatic nitrogens is 2. The summed E-state index contributed by atoms with van der Waals surface area (Å²) in [6, 6.07) is 15.8. The Morgan fingerprint density at radius 1 is 1.14 bits per heavy atom. The lowest BCUT2D eigenvalue weighted by Crippen LogP contribution is -2.13. The Morgan fingerprint density at radius 3 is 2.59 bits per heavy atom. The van der Waals surface area contributed by atoms with Crippen molar-refractivity contribution in [2.45, 2.75) is 20.3 Å². The molecule has 4 heteroatoms. The van der Waals surface area contributed by atoms with E-state index in [0.29, 0.717) is 12.3 Å². The molecule has 112 valence electrons. The Balaban J connectivity index is 1.81. The smallest absolute Gasteiger partial charge is 0.224 e. The highest BCUT2D eigenvalue weighted by molar-refractivity contribution is 5.91. The molecule has 0 aliphatic rings. The van der Waals surface area contributed by atoms with Crippen LogP contribution < -0.4 is 5.32 Å². The van der Waals surface area contributed by atoms with Gasteiger partial charge < -0.3 is 5.32 Å². The van der Waals surface area contributed by atoms with Crippen molar-refractivity contribution in [3.05, 3.63) is 54.9 Å². The number of hydrogen-bond donors (Lipinski definition) is 1. The topological polar surface area (TPSA) is 46.9 Å². The van der Waals surface area contributed by atoms with Crippen molar-refractivity contribution in [3.8, 4) is 5.69 Å². The minimum absolute atomic E-state index is 0.0517. The lowest BCUT2D eigenvalue weighted by molar-refractivity contribution is -0.116. The van der Waals surface area contributed by atoms with Gasteiger partial charge in [-0.05, 0) is 42.3 Å². The maximum Gasteiger partial charge on any atom is 0.224 e. The van der Waals surface area contributed by atoms with Crippen molar-refractivity contribution >= 4 is 22.6 Å². The first-order chi connectivity index (χ1) is 10.6. The predicted octanol–water partition coefficient (Wildman–Crippen LogP) is 4.01. The van der Waals surface area contributed by atoms with Crippen LogP contribution in [0.3, 0.4) is 0 Å². The van der Waals surface area contributed by atoms with E-state index in [1.54, 1.807) is 0 Å². The fourth-order valence-electron chi connectivity index (χ4n) is 2.45. The number of carbonyl (C=O) groups excluding carboxylic acids is 1. The summed E-state index contributed by atoms with van der Waals surface area (Å²) in [6.45, 7) is 4.07. The molecule has 0 saturated heterocycles. The lowest BCUT2D eigenvalue weighted by atomic mass is 10.1. The first kappa shape index (κ1) is 14.3. The molecule has 2 aromatic carbocycles. The molecule has 0 saturated carbocycles. The molecule has 0 aliphatic carbocycles. The second-order valence-electron chi connectivity index (χ2n) is 5.80. The summed E-state index contributed by atoms with van der Waals surface area (Å²) < 4.78 is 2.04. The molecular weight excluding hydrogens is 274 g/mol. The molecule has 1 heterocycles. The van der Waals surface area contributed by atoms with Gasteiger partial charge in [-0.3, -0.25) is 9.36 Å². The SMILES string of the molecule is CC(C)CC(=O)Nc1ccc(-n2cnc3ccccc32)cc1. The fourth-order valence-corrected chi connectivity index (χ4v) is 2.45. The molecule has 3 rings (SSSR count). The van der Waals surface area contributed by atoms with Crippen LogP contribution in [0.25, 0.3) is 16.7 Å². The fraction of sp³-hybridized carbons (Fsp3) is 0.222. The van der Waals surface area contributed by atoms with Gasteiger partial charge in [-0.2, -0.15) is 0 Å². The average molecular weight is 293 g/mol. The summed E-state index contributed by atoms with van der Waals surface area (Å²) in [5.74, 6) is 0.410. The van der Waals surface area contributed by atoms with E-state index in [-0.39, 0.29) is 5.91 Å². The number of nitrogens with one attached hydrogen (secondary N) is 1. The van der Waals surface area contributed by atoms with E-state index in [0.717, 1.165) is 22.4 Å². The van der Waals surface area contributed by atoms with Crippen molar-refractivity contribution in [1.29, 1.82) is 0 Å². The third-order valence-corrected chi connectivity index (χ3v) is 3.48. The Hall–Kier alpha value is -2.62. The van der Waals surface area contributed by atoms with E-state index in [1.165, 1.54) is 0 Å². The average Bonchev–Trinajstić information content (AvgIpc) is 2.91. The molecule has 22 heavy (non-hydrogen) atoms. The van der Waals surface area contributed by atoms with Gasteiger partial charge in [-0.1, -0.05) is 26.0 Å². The van der Waals surface area contributed by atoms with Crippen LogP contribution in [0.1, 0.15) is 20.3 Å². The van der Waals surface area contributed by atoms with Crippen LogP contribution >= 0.6 is 0 Å². The predicted molar refractivity (Wildman–Crippen MR) is 89.2 cm³/mol. The molecular formula is C18H19N3O. The number of imidazole rings is 1. The number of anilines is 1. The van der Waals surface area contributed by atoms with Crippen molar-refractivity contribution in [2.24, 2.45) is 5.92 Å². The molecule has 0 spiro atoms. The summed E-state index contributed by atoms with van der Waals surface area (Å²) in [7, 11) is 0. The number of hydrogen-bond acceptors (Lipinski definition) is 2. The van der Waals surface area contributed by atoms with Crippen LogP contribution in [0.4, 0.5) is 5.69 Å². The number of fused-ring (bicyclic) bond motifs is 1. The number of amides is 1. The van der Waals surface area contributed by atoms with Crippen LogP contribution in [0.15, 0.2) is 54.9 Å². The zero-order valence-corrected chi connectivity index (χ0v) is 12.8. The lowest BCUT2D eigenvalue weighted by Gasteiger charge is -2.09. The highest BCUT2D eigenvalue weighted by Crippen LogP contribution is 2.19. The Bertz CT molecular complexity index is 787. The van der Waals surface area contributed by atoms with Gasteiger partial charge in [-0.25, -0.2) is 4.98 Å². The number of nitrogens with zero attached hydrogens (tertiary/aromatic N) is 2. The molecule has 1 N–H and O–H groups in total. The minimum atomic E-state index is 0.0517. The van der Waals surface area contributed by atoms with Crippen LogP contribution in [-0.2, 0) is 4.79 Å². The highest BCUT2D eigenvalue weighted by Gasteiger charge is 2.06. The largest absolute Gasteiger partial charge is 0.326 e. The molecule has 0 aliphatic heterocycles. The van der Waals surface area contributed by atoms with Gasteiger partial charge in [0.25, 0.3) is 0 Å². The minimum Gasteiger partial charge on any atom is -0.326 e. The molecule has 0 radical (unpaired) electrons. The van der Waals surface area contributed by atoms with E-state index >= 15 is 0 Å². The van der Waals surface area contributed by atoms with Crippen LogP contribution in [0.2, 0.25) is 0 Å². The Kier molecular flexibility index (Phi) is 3.92. The first-order valence-corrected chi connectivity index (χ1v) is 7.46. The Labute approximate surface area is 129 Å². The second kappa shape index (κ2) is 6.02. The van der Waals surface area contributed by atoms with E-state index < -0.39 is 0 Å². The molecule has 1 aromatic heterocycles. The molecule has 4 nitrogen and oxygen atoms in total. The van der Waals surface area contributed by atoms with E-state index in [9.17, 15) is 4.79 Å². The number of benzene rings is 2. The molecule has 0 unspecified atom stereocenters. The van der Waals surface area contributed by atoms with Gasteiger partial charge in [0.2, 0.25) is 5.91 Å². The second-order valence-corrected chi connectivity index (χ2v) is 5.80. The van der Waals surface area contributed by atoms with Gasteiger partial charge in [0.05, 0.1) is 11.0 Å². The number of rotatable bonds is 4. The van der Waals surface area contributed by atoms with Crippen molar-refractivity contribution < 1.29 is 4.79 Å². The maximum atomic E-state index is 11.8. The summed E-state index contributed by atoms with van der Waals surface area (Å²) >= 11 is 0. The van der Waals surface area contributed by atoms with Crippen molar-refractivity contribution in [2.75, 3.05) is 5.32 Å². The Morgan fingerprint density at radius 2 is 1.86 bits per heavy atom. The third kappa shape index (κ3) is 3.01. The standard InChI is InChI=1S/C18H19N3O/c1-13(2)11-18(22)20-14-7-9-15(10-8-14)21-12-19-16-5-3-4-6-17(16)21/h3-10,12-13H,11H2,1-2H3,(H,20,22). The van der Waals surface area contributed by atoms with E-state index in [2.05, 4.69) is 10.3 Å². The zero-order valence-electron chi connectivity index (χ0n) is 12.8.